The number of carbonyl (C=O) groups is 1. The van der Waals surface area contributed by atoms with Crippen LogP contribution >= 0.6 is 0 Å². The SMILES string of the molecule is Cc1cc(C(=O)N2CCCC(C)C2)cc(NN)n1. The van der Waals surface area contributed by atoms with E-state index in [0.717, 1.165) is 25.2 Å². The van der Waals surface area contributed by atoms with Crippen LogP contribution in [0.5, 0.6) is 0 Å². The lowest BCUT2D eigenvalue weighted by molar-refractivity contribution is 0.0683. The summed E-state index contributed by atoms with van der Waals surface area (Å²) in [6.07, 6.45) is 2.29. The highest BCUT2D eigenvalue weighted by molar-refractivity contribution is 5.95. The molecule has 1 saturated heterocycles. The molecule has 1 amide bonds. The van der Waals surface area contributed by atoms with E-state index in [1.165, 1.54) is 6.42 Å². The maximum atomic E-state index is 12.4. The Morgan fingerprint density at radius 2 is 2.33 bits per heavy atom. The van der Waals surface area contributed by atoms with Crippen molar-refractivity contribution in [2.24, 2.45) is 11.8 Å². The molecule has 1 fully saturated rings. The van der Waals surface area contributed by atoms with Crippen molar-refractivity contribution in [2.45, 2.75) is 26.7 Å². The highest BCUT2D eigenvalue weighted by atomic mass is 16.2. The van der Waals surface area contributed by atoms with Crippen molar-refractivity contribution in [3.63, 3.8) is 0 Å². The molecule has 0 bridgehead atoms. The molecule has 18 heavy (non-hydrogen) atoms. The molecular formula is C13H20N4O. The number of aromatic nitrogens is 1. The van der Waals surface area contributed by atoms with Crippen molar-refractivity contribution in [1.82, 2.24) is 9.88 Å². The number of hydrogen-bond donors (Lipinski definition) is 2. The number of nitrogens with one attached hydrogen (secondary N) is 1. The van der Waals surface area contributed by atoms with Gasteiger partial charge in [0.2, 0.25) is 0 Å². The average Bonchev–Trinajstić information content (AvgIpc) is 2.37. The summed E-state index contributed by atoms with van der Waals surface area (Å²) in [4.78, 5) is 18.5. The lowest BCUT2D eigenvalue weighted by Crippen LogP contribution is -2.39. The van der Waals surface area contributed by atoms with Crippen LogP contribution in [0, 0.1) is 12.8 Å². The molecule has 0 aromatic carbocycles. The summed E-state index contributed by atoms with van der Waals surface area (Å²) in [5.41, 5.74) is 3.94. The largest absolute Gasteiger partial charge is 0.338 e. The van der Waals surface area contributed by atoms with E-state index in [-0.39, 0.29) is 5.91 Å². The molecule has 0 radical (unpaired) electrons. The molecular weight excluding hydrogens is 228 g/mol. The Balaban J connectivity index is 2.19. The standard InChI is InChI=1S/C13H20N4O/c1-9-4-3-5-17(8-9)13(18)11-6-10(2)15-12(7-11)16-14/h6-7,9H,3-5,8,14H2,1-2H3,(H,15,16). The van der Waals surface area contributed by atoms with Crippen LogP contribution in [0.4, 0.5) is 5.82 Å². The molecule has 0 saturated carbocycles. The molecule has 2 rings (SSSR count). The Bertz CT molecular complexity index is 447. The number of rotatable bonds is 2. The second-order valence-corrected chi connectivity index (χ2v) is 5.03. The first-order valence-corrected chi connectivity index (χ1v) is 6.34. The Morgan fingerprint density at radius 1 is 1.56 bits per heavy atom. The van der Waals surface area contributed by atoms with Gasteiger partial charge in [0.25, 0.3) is 5.91 Å². The normalized spacial score (nSPS) is 19.7. The van der Waals surface area contributed by atoms with Crippen LogP contribution in [0.1, 0.15) is 35.8 Å². The molecule has 98 valence electrons. The topological polar surface area (TPSA) is 71.2 Å². The molecule has 5 nitrogen and oxygen atoms in total. The zero-order chi connectivity index (χ0) is 13.1. The number of nitrogens with two attached hydrogens (primary N) is 1. The number of carbonyl (C=O) groups excluding carboxylic acids is 1. The number of pyridine rings is 1. The minimum atomic E-state index is 0.0727. The lowest BCUT2D eigenvalue weighted by Gasteiger charge is -2.31. The van der Waals surface area contributed by atoms with Crippen molar-refractivity contribution >= 4 is 11.7 Å². The number of hydrazine groups is 1. The van der Waals surface area contributed by atoms with E-state index in [4.69, 9.17) is 5.84 Å². The van der Waals surface area contributed by atoms with Gasteiger partial charge in [0, 0.05) is 24.3 Å². The molecule has 1 aliphatic heterocycles. The summed E-state index contributed by atoms with van der Waals surface area (Å²) in [7, 11) is 0. The molecule has 2 heterocycles. The molecule has 1 unspecified atom stereocenters. The lowest BCUT2D eigenvalue weighted by atomic mass is 9.99. The van der Waals surface area contributed by atoms with Gasteiger partial charge in [-0.2, -0.15) is 0 Å². The number of hydrogen-bond acceptors (Lipinski definition) is 4. The van der Waals surface area contributed by atoms with E-state index in [1.807, 2.05) is 17.9 Å². The predicted molar refractivity (Wildman–Crippen MR) is 71.1 cm³/mol. The van der Waals surface area contributed by atoms with Crippen LogP contribution in [-0.4, -0.2) is 28.9 Å². The molecule has 5 heteroatoms. The summed E-state index contributed by atoms with van der Waals surface area (Å²) in [5, 5.41) is 0. The van der Waals surface area contributed by atoms with Gasteiger partial charge in [-0.3, -0.25) is 4.79 Å². The van der Waals surface area contributed by atoms with Crippen LogP contribution < -0.4 is 11.3 Å². The van der Waals surface area contributed by atoms with Crippen molar-refractivity contribution in [3.8, 4) is 0 Å². The minimum absolute atomic E-state index is 0.0727. The van der Waals surface area contributed by atoms with E-state index in [1.54, 1.807) is 6.07 Å². The monoisotopic (exact) mass is 248 g/mol. The third-order valence-electron chi connectivity index (χ3n) is 3.29. The van der Waals surface area contributed by atoms with Gasteiger partial charge >= 0.3 is 0 Å². The number of nitrogens with zero attached hydrogens (tertiary/aromatic N) is 2. The zero-order valence-corrected chi connectivity index (χ0v) is 10.9. The van der Waals surface area contributed by atoms with Crippen LogP contribution in [0.3, 0.4) is 0 Å². The van der Waals surface area contributed by atoms with Gasteiger partial charge in [-0.25, -0.2) is 10.8 Å². The molecule has 0 spiro atoms. The van der Waals surface area contributed by atoms with Crippen molar-refractivity contribution in [3.05, 3.63) is 23.4 Å². The number of likely N-dealkylation sites (tertiary alicyclic amines) is 1. The Labute approximate surface area is 107 Å². The molecule has 1 aliphatic rings. The molecule has 3 N–H and O–H groups in total. The van der Waals surface area contributed by atoms with E-state index < -0.39 is 0 Å². The van der Waals surface area contributed by atoms with Gasteiger partial charge in [0.1, 0.15) is 5.82 Å². The first kappa shape index (κ1) is 12.8. The summed E-state index contributed by atoms with van der Waals surface area (Å²) >= 11 is 0. The number of nitrogen functional groups attached to an aromatic ring is 1. The Hall–Kier alpha value is -1.62. The van der Waals surface area contributed by atoms with Crippen LogP contribution in [0.15, 0.2) is 12.1 Å². The highest BCUT2D eigenvalue weighted by Gasteiger charge is 2.22. The van der Waals surface area contributed by atoms with E-state index in [2.05, 4.69) is 17.3 Å². The quantitative estimate of drug-likeness (QED) is 0.615. The van der Waals surface area contributed by atoms with Gasteiger partial charge in [-0.05, 0) is 37.8 Å². The maximum absolute atomic E-state index is 12.4. The Kier molecular flexibility index (Phi) is 3.81. The Morgan fingerprint density at radius 3 is 3.00 bits per heavy atom. The van der Waals surface area contributed by atoms with Gasteiger partial charge in [0.15, 0.2) is 0 Å². The fourth-order valence-corrected chi connectivity index (χ4v) is 2.42. The molecule has 1 atom stereocenters. The highest BCUT2D eigenvalue weighted by Crippen LogP contribution is 2.19. The summed E-state index contributed by atoms with van der Waals surface area (Å²) in [6, 6.07) is 3.51. The fraction of sp³-hybridized carbons (Fsp3) is 0.538. The van der Waals surface area contributed by atoms with Crippen LogP contribution in [0.2, 0.25) is 0 Å². The zero-order valence-electron chi connectivity index (χ0n) is 10.9. The third-order valence-corrected chi connectivity index (χ3v) is 3.29. The first-order valence-electron chi connectivity index (χ1n) is 6.34. The number of aryl methyl sites for hydroxylation is 1. The van der Waals surface area contributed by atoms with E-state index >= 15 is 0 Å². The average molecular weight is 248 g/mol. The van der Waals surface area contributed by atoms with Gasteiger partial charge < -0.3 is 10.3 Å². The van der Waals surface area contributed by atoms with E-state index in [0.29, 0.717) is 17.3 Å². The van der Waals surface area contributed by atoms with Crippen molar-refractivity contribution in [2.75, 3.05) is 18.5 Å². The fourth-order valence-electron chi connectivity index (χ4n) is 2.42. The van der Waals surface area contributed by atoms with Crippen molar-refractivity contribution in [1.29, 1.82) is 0 Å². The van der Waals surface area contributed by atoms with Crippen molar-refractivity contribution < 1.29 is 4.79 Å². The number of amides is 1. The number of piperidine rings is 1. The first-order chi connectivity index (χ1) is 8.60. The van der Waals surface area contributed by atoms with E-state index in [9.17, 15) is 4.79 Å². The van der Waals surface area contributed by atoms with Crippen LogP contribution in [0.25, 0.3) is 0 Å². The van der Waals surface area contributed by atoms with Gasteiger partial charge in [0.05, 0.1) is 0 Å². The predicted octanol–water partition coefficient (Wildman–Crippen LogP) is 1.55. The second kappa shape index (κ2) is 5.35. The second-order valence-electron chi connectivity index (χ2n) is 5.03. The molecule has 1 aromatic heterocycles. The third kappa shape index (κ3) is 2.79. The molecule has 0 aliphatic carbocycles. The maximum Gasteiger partial charge on any atom is 0.254 e. The summed E-state index contributed by atoms with van der Waals surface area (Å²) in [5.74, 6) is 6.54. The number of anilines is 1. The smallest absolute Gasteiger partial charge is 0.254 e. The van der Waals surface area contributed by atoms with Gasteiger partial charge in [-0.1, -0.05) is 6.92 Å². The van der Waals surface area contributed by atoms with Crippen LogP contribution in [-0.2, 0) is 0 Å². The summed E-state index contributed by atoms with van der Waals surface area (Å²) in [6.45, 7) is 5.72. The van der Waals surface area contributed by atoms with Gasteiger partial charge in [-0.15, -0.1) is 0 Å². The molecule has 1 aromatic rings. The minimum Gasteiger partial charge on any atom is -0.338 e. The summed E-state index contributed by atoms with van der Waals surface area (Å²) < 4.78 is 0.